The number of nitrogens with zero attached hydrogens (tertiary/aromatic N) is 6. The Morgan fingerprint density at radius 1 is 0.904 bits per heavy atom. The van der Waals surface area contributed by atoms with Gasteiger partial charge in [0.2, 0.25) is 5.91 Å². The smallest absolute Gasteiger partial charge is 0.430 e. The number of amides is 3. The zero-order valence-electron chi connectivity index (χ0n) is 40.3. The third kappa shape index (κ3) is 11.9. The van der Waals surface area contributed by atoms with E-state index in [1.807, 2.05) is 69.9 Å². The summed E-state index contributed by atoms with van der Waals surface area (Å²) in [6, 6.07) is 27.3. The maximum atomic E-state index is 15.1. The molecule has 20 heteroatoms. The zero-order valence-corrected chi connectivity index (χ0v) is 40.3. The summed E-state index contributed by atoms with van der Waals surface area (Å²) in [5.41, 5.74) is 8.09. The van der Waals surface area contributed by atoms with Crippen molar-refractivity contribution in [3.63, 3.8) is 0 Å². The minimum Gasteiger partial charge on any atom is -0.542 e. The molecule has 9 rings (SSSR count). The van der Waals surface area contributed by atoms with Crippen LogP contribution >= 0.6 is 0 Å². The van der Waals surface area contributed by atoms with Crippen LogP contribution in [-0.2, 0) is 53.7 Å². The van der Waals surface area contributed by atoms with Crippen LogP contribution < -0.4 is 19.6 Å². The number of aromatic hydroxyl groups is 1. The molecule has 3 aliphatic heterocycles. The van der Waals surface area contributed by atoms with Crippen LogP contribution in [0, 0.1) is 6.92 Å². The van der Waals surface area contributed by atoms with E-state index in [2.05, 4.69) is 24.2 Å². The first-order valence-corrected chi connectivity index (χ1v) is 23.7. The Hall–Kier alpha value is -7.58. The van der Waals surface area contributed by atoms with Gasteiger partial charge in [-0.25, -0.2) is 4.68 Å². The number of fused-ring (bicyclic) bond motifs is 2. The molecule has 1 saturated heterocycles. The van der Waals surface area contributed by atoms with Crippen molar-refractivity contribution in [2.75, 3.05) is 50.9 Å². The number of ether oxygens (including phenoxy) is 2. The number of phenols is 1. The number of carboxylic acid groups (broad SMARTS) is 1. The molecule has 15 nitrogen and oxygen atoms in total. The van der Waals surface area contributed by atoms with E-state index >= 15 is 4.79 Å². The van der Waals surface area contributed by atoms with Crippen molar-refractivity contribution in [2.24, 2.45) is 7.05 Å². The van der Waals surface area contributed by atoms with Gasteiger partial charge in [0.1, 0.15) is 43.7 Å². The third-order valence-corrected chi connectivity index (χ3v) is 13.5. The number of rotatable bonds is 12. The monoisotopic (exact) mass is 1010 g/mol. The first-order chi connectivity index (χ1) is 34.9. The summed E-state index contributed by atoms with van der Waals surface area (Å²) in [7, 11) is 1.83. The minimum atomic E-state index is -5.19. The maximum Gasteiger partial charge on any atom is 0.430 e. The molecular formula is C53H54F5N7O8. The van der Waals surface area contributed by atoms with E-state index in [0.717, 1.165) is 67.0 Å². The Balaban J connectivity index is 0.000000948. The molecule has 2 N–H and O–H groups in total. The van der Waals surface area contributed by atoms with Crippen LogP contribution in [0.15, 0.2) is 103 Å². The van der Waals surface area contributed by atoms with Gasteiger partial charge < -0.3 is 43.7 Å². The van der Waals surface area contributed by atoms with Crippen molar-refractivity contribution in [3.8, 4) is 22.8 Å². The van der Waals surface area contributed by atoms with Crippen LogP contribution in [0.4, 0.5) is 33.3 Å². The summed E-state index contributed by atoms with van der Waals surface area (Å²) in [6.45, 7) is 7.24. The van der Waals surface area contributed by atoms with E-state index in [1.165, 1.54) is 45.8 Å². The summed E-state index contributed by atoms with van der Waals surface area (Å²) in [5, 5.41) is 22.6. The average molecular weight is 1010 g/mol. The molecule has 384 valence electrons. The highest BCUT2D eigenvalue weighted by atomic mass is 19.4. The van der Waals surface area contributed by atoms with Crippen molar-refractivity contribution in [2.45, 2.75) is 65.0 Å². The highest BCUT2D eigenvalue weighted by molar-refractivity contribution is 6.12. The Bertz CT molecular complexity index is 2970. The second-order valence-electron chi connectivity index (χ2n) is 18.3. The highest BCUT2D eigenvalue weighted by Crippen LogP contribution is 2.37. The van der Waals surface area contributed by atoms with E-state index in [4.69, 9.17) is 19.4 Å². The highest BCUT2D eigenvalue weighted by Gasteiger charge is 2.34. The SMILES string of the molecule is Cc1c(C(=O)N(c2ccc(O)cc2)c2cnn(C(F)F)c2)cc(-c2cc3c(cc2C(=O)N2Cc4ccccc4C[C@@H]2C)CN(C(=O)Cc2ccc(OCC[NH+]4CCOCC4)cc2)CC3)n1C.O=C([O-])C(F)(F)F. The number of carbonyl (C=O) groups excluding carboxylic acids is 4. The van der Waals surface area contributed by atoms with Crippen LogP contribution in [0.3, 0.4) is 0 Å². The average Bonchev–Trinajstić information content (AvgIpc) is 3.98. The number of anilines is 2. The predicted octanol–water partition coefficient (Wildman–Crippen LogP) is 5.58. The predicted molar refractivity (Wildman–Crippen MR) is 255 cm³/mol. The van der Waals surface area contributed by atoms with Crippen molar-refractivity contribution >= 4 is 35.1 Å². The van der Waals surface area contributed by atoms with Gasteiger partial charge in [-0.3, -0.25) is 19.3 Å². The lowest BCUT2D eigenvalue weighted by Crippen LogP contribution is -3.14. The molecule has 0 spiro atoms. The van der Waals surface area contributed by atoms with Gasteiger partial charge in [0.15, 0.2) is 0 Å². The van der Waals surface area contributed by atoms with E-state index in [1.54, 1.807) is 13.0 Å². The molecule has 5 heterocycles. The number of aromatic nitrogens is 3. The number of carboxylic acids is 1. The first kappa shape index (κ1) is 51.8. The van der Waals surface area contributed by atoms with Crippen LogP contribution in [-0.4, -0.2) is 111 Å². The van der Waals surface area contributed by atoms with Gasteiger partial charge in [0.25, 0.3) is 11.8 Å². The number of alkyl halides is 5. The van der Waals surface area contributed by atoms with Gasteiger partial charge in [-0.2, -0.15) is 27.1 Å². The molecule has 0 saturated carbocycles. The van der Waals surface area contributed by atoms with Crippen molar-refractivity contribution in [1.29, 1.82) is 0 Å². The van der Waals surface area contributed by atoms with E-state index in [9.17, 15) is 36.6 Å². The van der Waals surface area contributed by atoms with E-state index < -0.39 is 24.6 Å². The number of hydrogen-bond donors (Lipinski definition) is 2. The first-order valence-electron chi connectivity index (χ1n) is 23.7. The van der Waals surface area contributed by atoms with Gasteiger partial charge in [-0.05, 0) is 109 Å². The minimum absolute atomic E-state index is 0.0121. The van der Waals surface area contributed by atoms with Crippen LogP contribution in [0.2, 0.25) is 0 Å². The quantitative estimate of drug-likeness (QED) is 0.149. The Kier molecular flexibility index (Phi) is 15.6. The number of morpholine rings is 1. The van der Waals surface area contributed by atoms with Gasteiger partial charge in [-0.15, -0.1) is 0 Å². The number of nitrogens with one attached hydrogen (secondary N) is 1. The number of carbonyl (C=O) groups is 4. The summed E-state index contributed by atoms with van der Waals surface area (Å²) in [6.07, 6.45) is -1.41. The van der Waals surface area contributed by atoms with Gasteiger partial charge >= 0.3 is 12.7 Å². The molecule has 2 aromatic heterocycles. The molecule has 1 fully saturated rings. The van der Waals surface area contributed by atoms with E-state index in [0.29, 0.717) is 72.0 Å². The molecule has 0 unspecified atom stereocenters. The van der Waals surface area contributed by atoms with Crippen LogP contribution in [0.25, 0.3) is 11.3 Å². The molecule has 3 amide bonds. The number of aliphatic carboxylic acids is 1. The van der Waals surface area contributed by atoms with Gasteiger partial charge in [0, 0.05) is 60.9 Å². The lowest BCUT2D eigenvalue weighted by Gasteiger charge is -2.36. The molecule has 6 aromatic rings. The van der Waals surface area contributed by atoms with Crippen molar-refractivity contribution in [1.82, 2.24) is 24.1 Å². The fraction of sp³-hybridized carbons (Fsp3) is 0.340. The second kappa shape index (κ2) is 22.0. The summed E-state index contributed by atoms with van der Waals surface area (Å²) < 4.78 is 72.8. The van der Waals surface area contributed by atoms with Crippen LogP contribution in [0.1, 0.15) is 67.7 Å². The second-order valence-corrected chi connectivity index (χ2v) is 18.3. The zero-order chi connectivity index (χ0) is 52.1. The van der Waals surface area contributed by atoms with Gasteiger partial charge in [-0.1, -0.05) is 36.4 Å². The van der Waals surface area contributed by atoms with Gasteiger partial charge in [0.05, 0.1) is 43.3 Å². The Morgan fingerprint density at radius 3 is 2.25 bits per heavy atom. The van der Waals surface area contributed by atoms with Crippen molar-refractivity contribution < 1.29 is 65.7 Å². The molecule has 1 atom stereocenters. The Labute approximate surface area is 417 Å². The standard InChI is InChI=1S/C51H53F2N7O6.C2HF3O2/c1-33-24-36-6-4-5-7-38(36)31-58(33)49(63)46-27-39-30-57(48(62)25-35-8-14-43(15-9-35)66-23-20-56-18-21-65-22-19-56)17-16-37(39)26-45(46)47-28-44(34(2)55(47)3)50(64)60(40-10-12-42(61)13-11-40)41-29-54-59(32-41)51(52)53;3-2(4,5)1(6)7/h4-15,26-29,32-33,51,61H,16-25,30-31H2,1-3H3;(H,6,7)/t33-;/m0./s1. The molecule has 3 aliphatic rings. The number of benzene rings is 4. The van der Waals surface area contributed by atoms with Crippen LogP contribution in [0.5, 0.6) is 11.5 Å². The normalized spacial score (nSPS) is 15.8. The summed E-state index contributed by atoms with van der Waals surface area (Å²) in [4.78, 5) is 59.0. The fourth-order valence-electron chi connectivity index (χ4n) is 9.36. The fourth-order valence-corrected chi connectivity index (χ4v) is 9.36. The molecule has 0 bridgehead atoms. The molecule has 4 aromatic carbocycles. The molecule has 0 radical (unpaired) electrons. The molecule has 0 aliphatic carbocycles. The number of phenolic OH excluding ortho intramolecular Hbond substituents is 1. The number of quaternary nitrogens is 1. The summed E-state index contributed by atoms with van der Waals surface area (Å²) in [5.74, 6) is -2.95. The maximum absolute atomic E-state index is 15.1. The largest absolute Gasteiger partial charge is 0.542 e. The Morgan fingerprint density at radius 2 is 1.59 bits per heavy atom. The summed E-state index contributed by atoms with van der Waals surface area (Å²) >= 11 is 0. The molecule has 73 heavy (non-hydrogen) atoms. The topological polar surface area (TPSA) is 167 Å². The van der Waals surface area contributed by atoms with E-state index in [-0.39, 0.29) is 41.3 Å². The lowest BCUT2D eigenvalue weighted by molar-refractivity contribution is -0.908. The third-order valence-electron chi connectivity index (χ3n) is 13.5. The number of halogens is 5. The lowest BCUT2D eigenvalue weighted by atomic mass is 9.89. The van der Waals surface area contributed by atoms with Crippen molar-refractivity contribution in [3.05, 3.63) is 148 Å². The number of hydrogen-bond acceptors (Lipinski definition) is 9. The molecular weight excluding hydrogens is 958 g/mol.